The smallest absolute Gasteiger partial charge is 0.160 e. The number of hydrogen-bond donors (Lipinski definition) is 1. The number of phenols is 1. The SMILES string of the molecule is COc1cc(C(C#N)(CCCN(C)CCc2ccc(C)c(C)c2)C(C)C)ccc1O. The van der Waals surface area contributed by atoms with E-state index in [9.17, 15) is 10.4 Å². The zero-order valence-electron chi connectivity index (χ0n) is 19.3. The molecule has 0 spiro atoms. The monoisotopic (exact) mass is 408 g/mol. The Hall–Kier alpha value is -2.51. The van der Waals surface area contributed by atoms with Crippen LogP contribution in [0.3, 0.4) is 0 Å². The normalized spacial score (nSPS) is 13.3. The minimum absolute atomic E-state index is 0.0999. The number of aryl methyl sites for hydroxylation is 2. The first kappa shape index (κ1) is 23.8. The summed E-state index contributed by atoms with van der Waals surface area (Å²) in [4.78, 5) is 2.34. The third-order valence-corrected chi connectivity index (χ3v) is 6.34. The van der Waals surface area contributed by atoms with Gasteiger partial charge in [-0.3, -0.25) is 0 Å². The molecule has 0 saturated carbocycles. The minimum Gasteiger partial charge on any atom is -0.504 e. The molecule has 0 aromatic heterocycles. The maximum absolute atomic E-state index is 10.1. The number of hydrogen-bond acceptors (Lipinski definition) is 4. The Morgan fingerprint density at radius 1 is 1.10 bits per heavy atom. The second-order valence-electron chi connectivity index (χ2n) is 8.70. The fourth-order valence-corrected chi connectivity index (χ4v) is 3.99. The lowest BCUT2D eigenvalue weighted by molar-refractivity contribution is 0.293. The van der Waals surface area contributed by atoms with E-state index in [1.54, 1.807) is 6.07 Å². The zero-order valence-corrected chi connectivity index (χ0v) is 19.3. The van der Waals surface area contributed by atoms with Gasteiger partial charge in [-0.15, -0.1) is 0 Å². The summed E-state index contributed by atoms with van der Waals surface area (Å²) >= 11 is 0. The largest absolute Gasteiger partial charge is 0.504 e. The van der Waals surface area contributed by atoms with Gasteiger partial charge in [-0.2, -0.15) is 5.26 Å². The Kier molecular flexibility index (Phi) is 8.32. The van der Waals surface area contributed by atoms with Gasteiger partial charge in [0.2, 0.25) is 0 Å². The Labute approximate surface area is 182 Å². The van der Waals surface area contributed by atoms with Gasteiger partial charge in [0.1, 0.15) is 0 Å². The van der Waals surface area contributed by atoms with Crippen LogP contribution in [0, 0.1) is 31.1 Å². The predicted molar refractivity (Wildman–Crippen MR) is 123 cm³/mol. The first-order valence-electron chi connectivity index (χ1n) is 10.8. The van der Waals surface area contributed by atoms with Crippen LogP contribution in [0.5, 0.6) is 11.5 Å². The molecule has 0 fully saturated rings. The molecular weight excluding hydrogens is 372 g/mol. The van der Waals surface area contributed by atoms with E-state index >= 15 is 0 Å². The topological polar surface area (TPSA) is 56.5 Å². The average Bonchev–Trinajstić information content (AvgIpc) is 2.72. The number of phenolic OH excluding ortho intramolecular Hbond substituents is 1. The Balaban J connectivity index is 2.01. The van der Waals surface area contributed by atoms with Gasteiger partial charge in [-0.1, -0.05) is 38.1 Å². The van der Waals surface area contributed by atoms with Crippen LogP contribution in [0.25, 0.3) is 0 Å². The van der Waals surface area contributed by atoms with Crippen LogP contribution in [-0.2, 0) is 11.8 Å². The number of methoxy groups -OCH3 is 1. The van der Waals surface area contributed by atoms with E-state index in [2.05, 4.69) is 63.9 Å². The summed E-state index contributed by atoms with van der Waals surface area (Å²) in [7, 11) is 3.68. The van der Waals surface area contributed by atoms with Gasteiger partial charge in [0, 0.05) is 6.54 Å². The van der Waals surface area contributed by atoms with E-state index in [-0.39, 0.29) is 11.7 Å². The number of aromatic hydroxyl groups is 1. The van der Waals surface area contributed by atoms with Crippen molar-refractivity contribution in [3.8, 4) is 17.6 Å². The lowest BCUT2D eigenvalue weighted by atomic mass is 9.69. The fraction of sp³-hybridized carbons (Fsp3) is 0.500. The van der Waals surface area contributed by atoms with Crippen LogP contribution in [-0.4, -0.2) is 37.3 Å². The van der Waals surface area contributed by atoms with Crippen LogP contribution in [0.1, 0.15) is 48.9 Å². The van der Waals surface area contributed by atoms with Gasteiger partial charge in [0.25, 0.3) is 0 Å². The van der Waals surface area contributed by atoms with E-state index in [0.29, 0.717) is 5.75 Å². The summed E-state index contributed by atoms with van der Waals surface area (Å²) < 4.78 is 5.27. The van der Waals surface area contributed by atoms with E-state index in [1.807, 2.05) is 12.1 Å². The molecular formula is C26H36N2O2. The number of nitrogens with zero attached hydrogens (tertiary/aromatic N) is 2. The second-order valence-corrected chi connectivity index (χ2v) is 8.70. The average molecular weight is 409 g/mol. The van der Waals surface area contributed by atoms with Crippen molar-refractivity contribution >= 4 is 0 Å². The maximum atomic E-state index is 10.1. The molecule has 2 rings (SSSR count). The van der Waals surface area contributed by atoms with Gasteiger partial charge in [0.05, 0.1) is 18.6 Å². The standard InChI is InChI=1S/C26H36N2O2/c1-19(2)26(18-27,23-10-11-24(29)25(17-23)30-6)13-7-14-28(5)15-12-22-9-8-20(3)21(4)16-22/h8-11,16-17,19,29H,7,12-15H2,1-6H3. The van der Waals surface area contributed by atoms with Crippen molar-refractivity contribution in [3.63, 3.8) is 0 Å². The molecule has 0 amide bonds. The Morgan fingerprint density at radius 3 is 2.43 bits per heavy atom. The molecule has 0 radical (unpaired) electrons. The minimum atomic E-state index is -0.601. The van der Waals surface area contributed by atoms with Gasteiger partial charge in [-0.05, 0) is 87.0 Å². The molecule has 0 aliphatic rings. The Bertz CT molecular complexity index is 885. The number of benzene rings is 2. The summed E-state index contributed by atoms with van der Waals surface area (Å²) in [6, 6.07) is 14.6. The van der Waals surface area contributed by atoms with Crippen LogP contribution < -0.4 is 4.74 Å². The highest BCUT2D eigenvalue weighted by Gasteiger charge is 2.36. The summed E-state index contributed by atoms with van der Waals surface area (Å²) in [6.45, 7) is 10.4. The maximum Gasteiger partial charge on any atom is 0.160 e. The van der Waals surface area contributed by atoms with Crippen molar-refractivity contribution in [3.05, 3.63) is 58.7 Å². The van der Waals surface area contributed by atoms with Crippen LogP contribution >= 0.6 is 0 Å². The van der Waals surface area contributed by atoms with Gasteiger partial charge in [0.15, 0.2) is 11.5 Å². The molecule has 162 valence electrons. The molecule has 1 N–H and O–H groups in total. The molecule has 1 unspecified atom stereocenters. The quantitative estimate of drug-likeness (QED) is 0.573. The number of nitriles is 1. The molecule has 1 atom stereocenters. The molecule has 0 aliphatic heterocycles. The van der Waals surface area contributed by atoms with Crippen molar-refractivity contribution in [1.29, 1.82) is 5.26 Å². The predicted octanol–water partition coefficient (Wildman–Crippen LogP) is 5.39. The van der Waals surface area contributed by atoms with Gasteiger partial charge < -0.3 is 14.7 Å². The molecule has 4 heteroatoms. The number of rotatable bonds is 10. The highest BCUT2D eigenvalue weighted by molar-refractivity contribution is 5.46. The highest BCUT2D eigenvalue weighted by atomic mass is 16.5. The van der Waals surface area contributed by atoms with Crippen molar-refractivity contribution in [2.75, 3.05) is 27.2 Å². The van der Waals surface area contributed by atoms with Crippen LogP contribution in [0.4, 0.5) is 0 Å². The van der Waals surface area contributed by atoms with E-state index < -0.39 is 5.41 Å². The molecule has 2 aromatic carbocycles. The third kappa shape index (κ3) is 5.55. The van der Waals surface area contributed by atoms with Crippen molar-refractivity contribution in [2.24, 2.45) is 5.92 Å². The molecule has 0 aliphatic carbocycles. The molecule has 4 nitrogen and oxygen atoms in total. The first-order valence-corrected chi connectivity index (χ1v) is 10.8. The van der Waals surface area contributed by atoms with Crippen LogP contribution in [0.2, 0.25) is 0 Å². The second kappa shape index (κ2) is 10.5. The molecule has 2 aromatic rings. The Morgan fingerprint density at radius 2 is 1.83 bits per heavy atom. The molecule has 0 saturated heterocycles. The first-order chi connectivity index (χ1) is 14.2. The number of ether oxygens (including phenoxy) is 1. The van der Waals surface area contributed by atoms with E-state index in [4.69, 9.17) is 4.74 Å². The van der Waals surface area contributed by atoms with Gasteiger partial charge >= 0.3 is 0 Å². The van der Waals surface area contributed by atoms with Crippen LogP contribution in [0.15, 0.2) is 36.4 Å². The van der Waals surface area contributed by atoms with Crippen molar-refractivity contribution < 1.29 is 9.84 Å². The highest BCUT2D eigenvalue weighted by Crippen LogP contribution is 2.40. The lowest BCUT2D eigenvalue weighted by Crippen LogP contribution is -2.32. The molecule has 0 bridgehead atoms. The summed E-state index contributed by atoms with van der Waals surface area (Å²) in [5.74, 6) is 0.666. The molecule has 0 heterocycles. The lowest BCUT2D eigenvalue weighted by Gasteiger charge is -2.32. The van der Waals surface area contributed by atoms with Crippen molar-refractivity contribution in [1.82, 2.24) is 4.90 Å². The van der Waals surface area contributed by atoms with E-state index in [0.717, 1.165) is 37.9 Å². The zero-order chi connectivity index (χ0) is 22.3. The number of likely N-dealkylation sites (N-methyl/N-ethyl adjacent to an activating group) is 1. The summed E-state index contributed by atoms with van der Waals surface area (Å²) in [6.07, 6.45) is 2.72. The summed E-state index contributed by atoms with van der Waals surface area (Å²) in [5.41, 5.74) is 4.35. The van der Waals surface area contributed by atoms with Crippen molar-refractivity contribution in [2.45, 2.75) is 52.4 Å². The molecule has 30 heavy (non-hydrogen) atoms. The summed E-state index contributed by atoms with van der Waals surface area (Å²) in [5, 5.41) is 20.1. The third-order valence-electron chi connectivity index (χ3n) is 6.34. The van der Waals surface area contributed by atoms with E-state index in [1.165, 1.54) is 23.8 Å². The fourth-order valence-electron chi connectivity index (χ4n) is 3.99. The van der Waals surface area contributed by atoms with Gasteiger partial charge in [-0.25, -0.2) is 0 Å².